The molecule has 0 aliphatic rings. The lowest BCUT2D eigenvalue weighted by atomic mass is 10.3. The lowest BCUT2D eigenvalue weighted by molar-refractivity contribution is -0.166. The molecule has 0 saturated carbocycles. The standard InChI is InChI=1S/C13H23NO6/c1-3-5-13(17)20-10(8-18-11(15)4-2)9-19-12(16)6-7-14/h10H,3-9,14H2,1-2H3. The Hall–Kier alpha value is -1.63. The Morgan fingerprint density at radius 1 is 0.950 bits per heavy atom. The first-order valence-corrected chi connectivity index (χ1v) is 6.74. The first-order chi connectivity index (χ1) is 9.53. The molecule has 0 heterocycles. The van der Waals surface area contributed by atoms with Gasteiger partial charge in [0.05, 0.1) is 6.42 Å². The van der Waals surface area contributed by atoms with Gasteiger partial charge in [0.25, 0.3) is 0 Å². The molecule has 0 fully saturated rings. The predicted octanol–water partition coefficient (Wildman–Crippen LogP) is 0.544. The highest BCUT2D eigenvalue weighted by molar-refractivity contribution is 5.71. The van der Waals surface area contributed by atoms with Crippen LogP contribution in [0.5, 0.6) is 0 Å². The lowest BCUT2D eigenvalue weighted by Gasteiger charge is -2.17. The largest absolute Gasteiger partial charge is 0.462 e. The van der Waals surface area contributed by atoms with Gasteiger partial charge < -0.3 is 19.9 Å². The highest BCUT2D eigenvalue weighted by Gasteiger charge is 2.18. The van der Waals surface area contributed by atoms with Crippen molar-refractivity contribution in [1.82, 2.24) is 0 Å². The summed E-state index contributed by atoms with van der Waals surface area (Å²) in [6, 6.07) is 0. The van der Waals surface area contributed by atoms with Crippen LogP contribution in [-0.4, -0.2) is 43.8 Å². The van der Waals surface area contributed by atoms with E-state index in [-0.39, 0.29) is 39.0 Å². The molecule has 116 valence electrons. The van der Waals surface area contributed by atoms with E-state index in [1.165, 1.54) is 0 Å². The van der Waals surface area contributed by atoms with Crippen LogP contribution in [0.1, 0.15) is 39.5 Å². The molecule has 0 aromatic carbocycles. The van der Waals surface area contributed by atoms with Crippen LogP contribution in [0.4, 0.5) is 0 Å². The second-order valence-electron chi connectivity index (χ2n) is 4.12. The minimum absolute atomic E-state index is 0.0877. The smallest absolute Gasteiger partial charge is 0.307 e. The Morgan fingerprint density at radius 3 is 2.05 bits per heavy atom. The van der Waals surface area contributed by atoms with Gasteiger partial charge in [-0.05, 0) is 6.42 Å². The Morgan fingerprint density at radius 2 is 1.55 bits per heavy atom. The van der Waals surface area contributed by atoms with Gasteiger partial charge in [-0.2, -0.15) is 0 Å². The normalized spacial score (nSPS) is 11.6. The van der Waals surface area contributed by atoms with E-state index in [2.05, 4.69) is 0 Å². The van der Waals surface area contributed by atoms with E-state index in [1.54, 1.807) is 6.92 Å². The summed E-state index contributed by atoms with van der Waals surface area (Å²) in [6.45, 7) is 3.41. The maximum Gasteiger partial charge on any atom is 0.307 e. The fourth-order valence-electron chi connectivity index (χ4n) is 1.23. The second kappa shape index (κ2) is 11.2. The van der Waals surface area contributed by atoms with Crippen molar-refractivity contribution in [3.63, 3.8) is 0 Å². The van der Waals surface area contributed by atoms with Crippen LogP contribution < -0.4 is 5.73 Å². The van der Waals surface area contributed by atoms with Crippen molar-refractivity contribution in [3.8, 4) is 0 Å². The number of carbonyl (C=O) groups is 3. The summed E-state index contributed by atoms with van der Waals surface area (Å²) in [6.07, 6.45) is 0.432. The van der Waals surface area contributed by atoms with Crippen molar-refractivity contribution in [2.24, 2.45) is 5.73 Å². The zero-order valence-electron chi connectivity index (χ0n) is 12.1. The van der Waals surface area contributed by atoms with Gasteiger partial charge >= 0.3 is 17.9 Å². The summed E-state index contributed by atoms with van der Waals surface area (Å²) < 4.78 is 14.9. The summed E-state index contributed by atoms with van der Waals surface area (Å²) >= 11 is 0. The molecule has 0 amide bonds. The highest BCUT2D eigenvalue weighted by Crippen LogP contribution is 2.02. The summed E-state index contributed by atoms with van der Waals surface area (Å²) in [4.78, 5) is 33.7. The summed E-state index contributed by atoms with van der Waals surface area (Å²) in [5, 5.41) is 0. The van der Waals surface area contributed by atoms with Gasteiger partial charge in [0.2, 0.25) is 0 Å². The molecule has 0 aliphatic carbocycles. The van der Waals surface area contributed by atoms with E-state index < -0.39 is 24.0 Å². The number of hydrogen-bond acceptors (Lipinski definition) is 7. The first kappa shape index (κ1) is 18.4. The molecule has 0 rings (SSSR count). The van der Waals surface area contributed by atoms with Gasteiger partial charge in [0.1, 0.15) is 13.2 Å². The number of hydrogen-bond donors (Lipinski definition) is 1. The molecule has 0 aromatic rings. The van der Waals surface area contributed by atoms with E-state index in [0.717, 1.165) is 0 Å². The van der Waals surface area contributed by atoms with Gasteiger partial charge in [-0.3, -0.25) is 14.4 Å². The molecule has 0 aromatic heterocycles. The van der Waals surface area contributed by atoms with Crippen LogP contribution in [-0.2, 0) is 28.6 Å². The Labute approximate surface area is 118 Å². The number of carbonyl (C=O) groups excluding carboxylic acids is 3. The highest BCUT2D eigenvalue weighted by atomic mass is 16.6. The topological polar surface area (TPSA) is 105 Å². The molecule has 7 nitrogen and oxygen atoms in total. The van der Waals surface area contributed by atoms with Crippen LogP contribution in [0.2, 0.25) is 0 Å². The van der Waals surface area contributed by atoms with Crippen molar-refractivity contribution in [3.05, 3.63) is 0 Å². The fourth-order valence-corrected chi connectivity index (χ4v) is 1.23. The predicted molar refractivity (Wildman–Crippen MR) is 70.7 cm³/mol. The SMILES string of the molecule is CCCC(=O)OC(COC(=O)CC)COC(=O)CCN. The molecule has 0 saturated heterocycles. The summed E-state index contributed by atoms with van der Waals surface area (Å²) in [5.41, 5.74) is 5.22. The van der Waals surface area contributed by atoms with Crippen molar-refractivity contribution in [2.75, 3.05) is 19.8 Å². The second-order valence-corrected chi connectivity index (χ2v) is 4.12. The molecule has 0 radical (unpaired) electrons. The molecular formula is C13H23NO6. The van der Waals surface area contributed by atoms with Crippen LogP contribution in [0, 0.1) is 0 Å². The van der Waals surface area contributed by atoms with Gasteiger partial charge in [-0.1, -0.05) is 13.8 Å². The molecule has 0 aliphatic heterocycles. The maximum atomic E-state index is 11.4. The van der Waals surface area contributed by atoms with Gasteiger partial charge in [-0.15, -0.1) is 0 Å². The molecule has 0 spiro atoms. The maximum absolute atomic E-state index is 11.4. The molecular weight excluding hydrogens is 266 g/mol. The summed E-state index contributed by atoms with van der Waals surface area (Å²) in [7, 11) is 0. The van der Waals surface area contributed by atoms with E-state index in [4.69, 9.17) is 19.9 Å². The number of nitrogens with two attached hydrogens (primary N) is 1. The van der Waals surface area contributed by atoms with E-state index in [1.807, 2.05) is 6.92 Å². The third kappa shape index (κ3) is 9.32. The third-order valence-corrected chi connectivity index (χ3v) is 2.25. The fraction of sp³-hybridized carbons (Fsp3) is 0.769. The van der Waals surface area contributed by atoms with Gasteiger partial charge in [0, 0.05) is 19.4 Å². The van der Waals surface area contributed by atoms with Crippen molar-refractivity contribution in [1.29, 1.82) is 0 Å². The number of rotatable bonds is 10. The zero-order chi connectivity index (χ0) is 15.4. The van der Waals surface area contributed by atoms with Crippen molar-refractivity contribution < 1.29 is 28.6 Å². The molecule has 0 bridgehead atoms. The summed E-state index contributed by atoms with van der Waals surface area (Å²) in [5.74, 6) is -1.30. The molecule has 2 N–H and O–H groups in total. The van der Waals surface area contributed by atoms with Gasteiger partial charge in [0.15, 0.2) is 6.10 Å². The van der Waals surface area contributed by atoms with Crippen LogP contribution in [0.3, 0.4) is 0 Å². The van der Waals surface area contributed by atoms with E-state index in [9.17, 15) is 14.4 Å². The first-order valence-electron chi connectivity index (χ1n) is 6.74. The van der Waals surface area contributed by atoms with E-state index >= 15 is 0 Å². The van der Waals surface area contributed by atoms with Crippen LogP contribution in [0.15, 0.2) is 0 Å². The average molecular weight is 289 g/mol. The number of ether oxygens (including phenoxy) is 3. The van der Waals surface area contributed by atoms with Crippen LogP contribution in [0.25, 0.3) is 0 Å². The Kier molecular flexibility index (Phi) is 10.3. The van der Waals surface area contributed by atoms with Crippen molar-refractivity contribution >= 4 is 17.9 Å². The Bertz CT molecular complexity index is 318. The third-order valence-electron chi connectivity index (χ3n) is 2.25. The zero-order valence-corrected chi connectivity index (χ0v) is 12.1. The molecule has 1 atom stereocenters. The molecule has 7 heteroatoms. The monoisotopic (exact) mass is 289 g/mol. The van der Waals surface area contributed by atoms with Crippen molar-refractivity contribution in [2.45, 2.75) is 45.6 Å². The lowest BCUT2D eigenvalue weighted by Crippen LogP contribution is -2.31. The van der Waals surface area contributed by atoms with E-state index in [0.29, 0.717) is 6.42 Å². The minimum Gasteiger partial charge on any atom is -0.462 e. The number of esters is 3. The molecule has 1 unspecified atom stereocenters. The molecule has 20 heavy (non-hydrogen) atoms. The average Bonchev–Trinajstić information content (AvgIpc) is 2.42. The minimum atomic E-state index is -0.786. The van der Waals surface area contributed by atoms with Crippen LogP contribution >= 0.6 is 0 Å². The Balaban J connectivity index is 4.26. The quantitative estimate of drug-likeness (QED) is 0.462. The van der Waals surface area contributed by atoms with Gasteiger partial charge in [-0.25, -0.2) is 0 Å².